The Kier molecular flexibility index (Phi) is 2.52. The third kappa shape index (κ3) is 1.87. The molecular formula is C7H12N2O3. The summed E-state index contributed by atoms with van der Waals surface area (Å²) in [5.41, 5.74) is 0. The first-order valence-electron chi connectivity index (χ1n) is 3.89. The maximum absolute atomic E-state index is 11.1. The first-order chi connectivity index (χ1) is 5.61. The molecule has 1 aliphatic heterocycles. The van der Waals surface area contributed by atoms with Crippen molar-refractivity contribution in [3.8, 4) is 0 Å². The maximum Gasteiger partial charge on any atom is 0.325 e. The number of hydrogen-bond donors (Lipinski definition) is 2. The highest BCUT2D eigenvalue weighted by Crippen LogP contribution is 2.05. The van der Waals surface area contributed by atoms with Gasteiger partial charge >= 0.3 is 12.0 Å². The van der Waals surface area contributed by atoms with Gasteiger partial charge in [-0.05, 0) is 13.3 Å². The van der Waals surface area contributed by atoms with Crippen LogP contribution in [0.3, 0.4) is 0 Å². The number of hydrogen-bond acceptors (Lipinski definition) is 2. The van der Waals surface area contributed by atoms with Crippen LogP contribution in [-0.4, -0.2) is 41.1 Å². The molecule has 5 heteroatoms. The number of nitrogens with one attached hydrogen (secondary N) is 1. The number of aliphatic carboxylic acids is 1. The highest BCUT2D eigenvalue weighted by molar-refractivity contribution is 5.82. The Morgan fingerprint density at radius 2 is 2.08 bits per heavy atom. The Labute approximate surface area is 70.4 Å². The molecule has 1 fully saturated rings. The number of carbonyl (C=O) groups excluding carboxylic acids is 1. The third-order valence-corrected chi connectivity index (χ3v) is 1.85. The smallest absolute Gasteiger partial charge is 0.325 e. The van der Waals surface area contributed by atoms with E-state index in [0.29, 0.717) is 0 Å². The summed E-state index contributed by atoms with van der Waals surface area (Å²) in [5, 5.41) is 10.8. The molecule has 0 aliphatic carbocycles. The van der Waals surface area contributed by atoms with Crippen molar-refractivity contribution in [3.05, 3.63) is 0 Å². The van der Waals surface area contributed by atoms with Crippen LogP contribution in [0.15, 0.2) is 0 Å². The van der Waals surface area contributed by atoms with Gasteiger partial charge in [0.2, 0.25) is 0 Å². The molecule has 1 heterocycles. The van der Waals surface area contributed by atoms with E-state index in [-0.39, 0.29) is 6.03 Å². The van der Waals surface area contributed by atoms with Crippen LogP contribution in [0.4, 0.5) is 4.79 Å². The quantitative estimate of drug-likeness (QED) is 0.609. The Morgan fingerprint density at radius 1 is 1.50 bits per heavy atom. The summed E-state index contributed by atoms with van der Waals surface area (Å²) in [5.74, 6) is -1.01. The lowest BCUT2D eigenvalue weighted by molar-refractivity contribution is -0.138. The Morgan fingerprint density at radius 3 is 2.42 bits per heavy atom. The molecule has 0 aromatic rings. The summed E-state index contributed by atoms with van der Waals surface area (Å²) in [6.45, 7) is 2.91. The normalized spacial score (nSPS) is 17.9. The molecule has 1 saturated heterocycles. The average molecular weight is 172 g/mol. The van der Waals surface area contributed by atoms with Crippen molar-refractivity contribution >= 4 is 12.0 Å². The van der Waals surface area contributed by atoms with E-state index in [4.69, 9.17) is 5.11 Å². The second-order valence-corrected chi connectivity index (χ2v) is 2.85. The van der Waals surface area contributed by atoms with Gasteiger partial charge in [0, 0.05) is 13.1 Å². The zero-order chi connectivity index (χ0) is 9.14. The number of urea groups is 1. The van der Waals surface area contributed by atoms with Gasteiger partial charge < -0.3 is 15.3 Å². The molecule has 1 rings (SSSR count). The lowest BCUT2D eigenvalue weighted by atomic mass is 10.2. The van der Waals surface area contributed by atoms with E-state index in [1.807, 2.05) is 0 Å². The van der Waals surface area contributed by atoms with E-state index in [0.717, 1.165) is 19.5 Å². The number of carbonyl (C=O) groups is 2. The van der Waals surface area contributed by atoms with Crippen LogP contribution < -0.4 is 5.32 Å². The Bertz CT molecular complexity index is 201. The predicted octanol–water partition coefficient (Wildman–Crippen LogP) is -0.125. The molecule has 0 unspecified atom stereocenters. The van der Waals surface area contributed by atoms with Gasteiger partial charge in [-0.3, -0.25) is 4.79 Å². The number of nitrogens with zero attached hydrogens (tertiary/aromatic N) is 1. The maximum atomic E-state index is 11.1. The minimum atomic E-state index is -1.01. The minimum Gasteiger partial charge on any atom is -0.480 e. The molecule has 1 aliphatic rings. The van der Waals surface area contributed by atoms with E-state index >= 15 is 0 Å². The average Bonchev–Trinajstić information content (AvgIpc) is 1.82. The fraction of sp³-hybridized carbons (Fsp3) is 0.714. The number of likely N-dealkylation sites (tertiary alicyclic amines) is 1. The molecule has 2 amide bonds. The molecule has 12 heavy (non-hydrogen) atoms. The van der Waals surface area contributed by atoms with Crippen molar-refractivity contribution in [2.75, 3.05) is 13.1 Å². The van der Waals surface area contributed by atoms with Gasteiger partial charge in [0.05, 0.1) is 0 Å². The number of carboxylic acids is 1. The zero-order valence-electron chi connectivity index (χ0n) is 6.91. The molecular weight excluding hydrogens is 160 g/mol. The van der Waals surface area contributed by atoms with E-state index < -0.39 is 12.0 Å². The molecule has 0 bridgehead atoms. The Balaban J connectivity index is 2.29. The zero-order valence-corrected chi connectivity index (χ0v) is 6.91. The molecule has 0 aromatic carbocycles. The van der Waals surface area contributed by atoms with Crippen molar-refractivity contribution in [2.45, 2.75) is 19.4 Å². The first-order valence-corrected chi connectivity index (χ1v) is 3.89. The molecule has 0 spiro atoms. The number of carboxylic acid groups (broad SMARTS) is 1. The van der Waals surface area contributed by atoms with Crippen molar-refractivity contribution < 1.29 is 14.7 Å². The lowest BCUT2D eigenvalue weighted by Gasteiger charge is -2.31. The van der Waals surface area contributed by atoms with E-state index in [9.17, 15) is 9.59 Å². The van der Waals surface area contributed by atoms with Gasteiger partial charge in [0.1, 0.15) is 6.04 Å². The second-order valence-electron chi connectivity index (χ2n) is 2.85. The highest BCUT2D eigenvalue weighted by atomic mass is 16.4. The van der Waals surface area contributed by atoms with Gasteiger partial charge in [-0.15, -0.1) is 0 Å². The van der Waals surface area contributed by atoms with Crippen LogP contribution in [0.2, 0.25) is 0 Å². The largest absolute Gasteiger partial charge is 0.480 e. The Hall–Kier alpha value is -1.26. The standard InChI is InChI=1S/C7H12N2O3/c1-5(6(10)11)8-7(12)9-3-2-4-9/h5H,2-4H2,1H3,(H,8,12)(H,10,11)/t5-/m1/s1. The molecule has 2 N–H and O–H groups in total. The third-order valence-electron chi connectivity index (χ3n) is 1.85. The van der Waals surface area contributed by atoms with Crippen LogP contribution in [0.5, 0.6) is 0 Å². The van der Waals surface area contributed by atoms with Crippen LogP contribution in [0, 0.1) is 0 Å². The summed E-state index contributed by atoms with van der Waals surface area (Å²) in [7, 11) is 0. The molecule has 0 radical (unpaired) electrons. The second kappa shape index (κ2) is 3.42. The van der Waals surface area contributed by atoms with Gasteiger partial charge in [0.25, 0.3) is 0 Å². The van der Waals surface area contributed by atoms with E-state index in [2.05, 4.69) is 5.32 Å². The van der Waals surface area contributed by atoms with Crippen molar-refractivity contribution in [1.82, 2.24) is 10.2 Å². The molecule has 1 atom stereocenters. The minimum absolute atomic E-state index is 0.281. The fourth-order valence-electron chi connectivity index (χ4n) is 0.858. The van der Waals surface area contributed by atoms with E-state index in [1.165, 1.54) is 6.92 Å². The summed E-state index contributed by atoms with van der Waals surface area (Å²) < 4.78 is 0. The van der Waals surface area contributed by atoms with Crippen LogP contribution in [0.25, 0.3) is 0 Å². The predicted molar refractivity (Wildman–Crippen MR) is 41.8 cm³/mol. The van der Waals surface area contributed by atoms with Gasteiger partial charge in [-0.2, -0.15) is 0 Å². The van der Waals surface area contributed by atoms with Crippen molar-refractivity contribution in [2.24, 2.45) is 0 Å². The summed E-state index contributed by atoms with van der Waals surface area (Å²) >= 11 is 0. The molecule has 68 valence electrons. The van der Waals surface area contributed by atoms with Crippen LogP contribution in [0.1, 0.15) is 13.3 Å². The first kappa shape index (κ1) is 8.83. The number of rotatable bonds is 2. The summed E-state index contributed by atoms with van der Waals surface area (Å²) in [4.78, 5) is 23.0. The highest BCUT2D eigenvalue weighted by Gasteiger charge is 2.23. The summed E-state index contributed by atoms with van der Waals surface area (Å²) in [6, 6.07) is -1.09. The SMILES string of the molecule is C[C@@H](NC(=O)N1CCC1)C(=O)O. The molecule has 5 nitrogen and oxygen atoms in total. The molecule has 0 saturated carbocycles. The monoisotopic (exact) mass is 172 g/mol. The van der Waals surface area contributed by atoms with Gasteiger partial charge in [-0.25, -0.2) is 4.79 Å². The van der Waals surface area contributed by atoms with E-state index in [1.54, 1.807) is 4.90 Å². The van der Waals surface area contributed by atoms with Crippen molar-refractivity contribution in [1.29, 1.82) is 0 Å². The lowest BCUT2D eigenvalue weighted by Crippen LogP contribution is -2.51. The fourth-order valence-corrected chi connectivity index (χ4v) is 0.858. The van der Waals surface area contributed by atoms with Gasteiger partial charge in [-0.1, -0.05) is 0 Å². The molecule has 0 aromatic heterocycles. The van der Waals surface area contributed by atoms with Crippen LogP contribution >= 0.6 is 0 Å². The topological polar surface area (TPSA) is 69.6 Å². The number of amides is 2. The van der Waals surface area contributed by atoms with Crippen molar-refractivity contribution in [3.63, 3.8) is 0 Å². The van der Waals surface area contributed by atoms with Crippen LogP contribution in [-0.2, 0) is 4.79 Å². The van der Waals surface area contributed by atoms with Gasteiger partial charge in [0.15, 0.2) is 0 Å². The summed E-state index contributed by atoms with van der Waals surface area (Å²) in [6.07, 6.45) is 1.01.